The highest BCUT2D eigenvalue weighted by Gasteiger charge is 2.42. The number of hydrogen-bond acceptors (Lipinski definition) is 4. The summed E-state index contributed by atoms with van der Waals surface area (Å²) in [5.41, 5.74) is 0.932. The molecule has 1 aliphatic rings. The molecular formula is C24H30F3N3O2. The van der Waals surface area contributed by atoms with Crippen LogP contribution in [0.25, 0.3) is 0 Å². The number of likely N-dealkylation sites (N-methyl/N-ethyl adjacent to an activating group) is 1. The zero-order chi connectivity index (χ0) is 23.5. The second-order valence-corrected chi connectivity index (χ2v) is 7.92. The van der Waals surface area contributed by atoms with Crippen LogP contribution in [0.2, 0.25) is 0 Å². The molecule has 0 bridgehead atoms. The fraction of sp³-hybridized carbons (Fsp3) is 0.458. The van der Waals surface area contributed by atoms with Gasteiger partial charge in [0, 0.05) is 30.9 Å². The van der Waals surface area contributed by atoms with Gasteiger partial charge in [-0.25, -0.2) is 0 Å². The summed E-state index contributed by atoms with van der Waals surface area (Å²) in [6, 6.07) is 11.9. The molecule has 2 aromatic carbocycles. The van der Waals surface area contributed by atoms with E-state index in [0.717, 1.165) is 11.3 Å². The van der Waals surface area contributed by atoms with E-state index in [4.69, 9.17) is 4.74 Å². The first kappa shape index (κ1) is 23.9. The van der Waals surface area contributed by atoms with E-state index in [0.29, 0.717) is 31.7 Å². The van der Waals surface area contributed by atoms with Crippen molar-refractivity contribution in [3.05, 3.63) is 59.2 Å². The highest BCUT2D eigenvalue weighted by Crippen LogP contribution is 2.41. The summed E-state index contributed by atoms with van der Waals surface area (Å²) in [6.07, 6.45) is -4.74. The van der Waals surface area contributed by atoms with Crippen molar-refractivity contribution < 1.29 is 22.7 Å². The molecule has 1 unspecified atom stereocenters. The second kappa shape index (κ2) is 9.81. The summed E-state index contributed by atoms with van der Waals surface area (Å²) in [4.78, 5) is 17.8. The molecule has 8 heteroatoms. The number of hydrogen-bond donors (Lipinski definition) is 0. The fourth-order valence-electron chi connectivity index (χ4n) is 4.26. The lowest BCUT2D eigenvalue weighted by Gasteiger charge is -2.31. The second-order valence-electron chi connectivity index (χ2n) is 7.92. The van der Waals surface area contributed by atoms with Crippen LogP contribution in [0.4, 0.5) is 18.9 Å². The van der Waals surface area contributed by atoms with Gasteiger partial charge in [0.15, 0.2) is 0 Å². The first-order chi connectivity index (χ1) is 15.2. The van der Waals surface area contributed by atoms with Crippen molar-refractivity contribution in [2.75, 3.05) is 45.2 Å². The molecular weight excluding hydrogens is 419 g/mol. The van der Waals surface area contributed by atoms with Crippen molar-refractivity contribution in [3.8, 4) is 5.75 Å². The monoisotopic (exact) mass is 449 g/mol. The number of nitrogens with zero attached hydrogens (tertiary/aromatic N) is 3. The molecule has 0 aliphatic carbocycles. The Morgan fingerprint density at radius 3 is 2.31 bits per heavy atom. The van der Waals surface area contributed by atoms with Gasteiger partial charge in [0.1, 0.15) is 11.9 Å². The molecule has 1 amide bonds. The molecule has 0 radical (unpaired) electrons. The highest BCUT2D eigenvalue weighted by atomic mass is 19.4. The van der Waals surface area contributed by atoms with Gasteiger partial charge in [0.25, 0.3) is 0 Å². The molecule has 0 N–H and O–H groups in total. The maximum Gasteiger partial charge on any atom is 0.416 e. The van der Waals surface area contributed by atoms with E-state index in [-0.39, 0.29) is 18.0 Å². The van der Waals surface area contributed by atoms with Gasteiger partial charge in [-0.3, -0.25) is 9.69 Å². The minimum Gasteiger partial charge on any atom is -0.497 e. The molecule has 1 atom stereocenters. The van der Waals surface area contributed by atoms with Crippen LogP contribution in [0, 0.1) is 0 Å². The Morgan fingerprint density at radius 1 is 1.09 bits per heavy atom. The zero-order valence-electron chi connectivity index (χ0n) is 18.9. The molecule has 0 saturated carbocycles. The number of amides is 1. The molecule has 174 valence electrons. The zero-order valence-corrected chi connectivity index (χ0v) is 18.9. The van der Waals surface area contributed by atoms with Gasteiger partial charge in [-0.2, -0.15) is 13.2 Å². The number of ether oxygens (including phenoxy) is 1. The number of halogens is 3. The molecule has 1 aliphatic heterocycles. The molecule has 32 heavy (non-hydrogen) atoms. The summed E-state index contributed by atoms with van der Waals surface area (Å²) in [5, 5.41) is 0. The van der Waals surface area contributed by atoms with Crippen LogP contribution < -0.4 is 9.64 Å². The number of carbonyl (C=O) groups excluding carboxylic acids is 1. The Bertz CT molecular complexity index is 927. The number of benzene rings is 2. The highest BCUT2D eigenvalue weighted by molar-refractivity contribution is 5.81. The van der Waals surface area contributed by atoms with Crippen LogP contribution in [0.3, 0.4) is 0 Å². The largest absolute Gasteiger partial charge is 0.497 e. The maximum absolute atomic E-state index is 14.1. The average Bonchev–Trinajstić information content (AvgIpc) is 3.05. The van der Waals surface area contributed by atoms with Gasteiger partial charge < -0.3 is 14.5 Å². The van der Waals surface area contributed by atoms with Crippen LogP contribution in [0.1, 0.15) is 36.7 Å². The lowest BCUT2D eigenvalue weighted by atomic mass is 10.0. The summed E-state index contributed by atoms with van der Waals surface area (Å²) >= 11 is 0. The topological polar surface area (TPSA) is 36.0 Å². The molecule has 0 aromatic heterocycles. The fourth-order valence-corrected chi connectivity index (χ4v) is 4.26. The number of anilines is 1. The summed E-state index contributed by atoms with van der Waals surface area (Å²) in [5.74, 6) is 0.554. The summed E-state index contributed by atoms with van der Waals surface area (Å²) in [7, 11) is 3.27. The van der Waals surface area contributed by atoms with Crippen LogP contribution in [-0.2, 0) is 17.4 Å². The first-order valence-electron chi connectivity index (χ1n) is 10.8. The smallest absolute Gasteiger partial charge is 0.416 e. The SMILES string of the molecule is CCN(CC)c1ccc(C2N(C)CC(=O)N2CCc2ccc(OC)cc2)c(C(F)(F)F)c1. The van der Waals surface area contributed by atoms with Gasteiger partial charge in [0.05, 0.1) is 19.2 Å². The molecule has 1 saturated heterocycles. The van der Waals surface area contributed by atoms with E-state index in [1.54, 1.807) is 30.0 Å². The Kier molecular flexibility index (Phi) is 7.33. The lowest BCUT2D eigenvalue weighted by Crippen LogP contribution is -2.34. The van der Waals surface area contributed by atoms with E-state index in [9.17, 15) is 18.0 Å². The Labute approximate surface area is 187 Å². The van der Waals surface area contributed by atoms with Crippen molar-refractivity contribution in [1.29, 1.82) is 0 Å². The van der Waals surface area contributed by atoms with Gasteiger partial charge >= 0.3 is 6.18 Å². The number of carbonyl (C=O) groups is 1. The lowest BCUT2D eigenvalue weighted by molar-refractivity contribution is -0.140. The van der Waals surface area contributed by atoms with E-state index < -0.39 is 17.9 Å². The molecule has 3 rings (SSSR count). The van der Waals surface area contributed by atoms with Gasteiger partial charge in [-0.05, 0) is 57.1 Å². The van der Waals surface area contributed by atoms with Crippen molar-refractivity contribution in [2.24, 2.45) is 0 Å². The predicted octanol–water partition coefficient (Wildman–Crippen LogP) is 4.58. The van der Waals surface area contributed by atoms with E-state index in [1.807, 2.05) is 43.0 Å². The number of rotatable bonds is 8. The minimum absolute atomic E-state index is 0.0857. The van der Waals surface area contributed by atoms with Crippen LogP contribution in [-0.4, -0.2) is 56.0 Å². The Hall–Kier alpha value is -2.74. The summed E-state index contributed by atoms with van der Waals surface area (Å²) in [6.45, 7) is 5.47. The third-order valence-corrected chi connectivity index (χ3v) is 5.97. The molecule has 1 fully saturated rings. The van der Waals surface area contributed by atoms with Crippen LogP contribution in [0.5, 0.6) is 5.75 Å². The van der Waals surface area contributed by atoms with E-state index in [1.165, 1.54) is 12.1 Å². The van der Waals surface area contributed by atoms with Crippen molar-refractivity contribution in [3.63, 3.8) is 0 Å². The third kappa shape index (κ3) is 5.01. The Morgan fingerprint density at radius 2 is 1.75 bits per heavy atom. The third-order valence-electron chi connectivity index (χ3n) is 5.97. The van der Waals surface area contributed by atoms with Gasteiger partial charge in [-0.15, -0.1) is 0 Å². The van der Waals surface area contributed by atoms with Gasteiger partial charge in [-0.1, -0.05) is 18.2 Å². The van der Waals surface area contributed by atoms with E-state index >= 15 is 0 Å². The Balaban J connectivity index is 1.92. The number of methoxy groups -OCH3 is 1. The van der Waals surface area contributed by atoms with Crippen LogP contribution in [0.15, 0.2) is 42.5 Å². The summed E-state index contributed by atoms with van der Waals surface area (Å²) < 4.78 is 47.4. The quantitative estimate of drug-likeness (QED) is 0.591. The minimum atomic E-state index is -4.52. The van der Waals surface area contributed by atoms with Crippen molar-refractivity contribution >= 4 is 11.6 Å². The van der Waals surface area contributed by atoms with Crippen molar-refractivity contribution in [1.82, 2.24) is 9.80 Å². The molecule has 1 heterocycles. The average molecular weight is 450 g/mol. The standard InChI is InChI=1S/C24H30F3N3O2/c1-5-29(6-2)18-9-12-20(21(15-18)24(25,26)27)23-28(3)16-22(31)30(23)14-13-17-7-10-19(32-4)11-8-17/h7-12,15,23H,5-6,13-14,16H2,1-4H3. The predicted molar refractivity (Wildman–Crippen MR) is 119 cm³/mol. The molecule has 5 nitrogen and oxygen atoms in total. The maximum atomic E-state index is 14.1. The normalized spacial score (nSPS) is 17.2. The van der Waals surface area contributed by atoms with Crippen LogP contribution >= 0.6 is 0 Å². The van der Waals surface area contributed by atoms with Crippen molar-refractivity contribution in [2.45, 2.75) is 32.6 Å². The molecule has 2 aromatic rings. The van der Waals surface area contributed by atoms with Gasteiger partial charge in [0.2, 0.25) is 5.91 Å². The number of alkyl halides is 3. The molecule has 0 spiro atoms. The van der Waals surface area contributed by atoms with E-state index in [2.05, 4.69) is 0 Å². The first-order valence-corrected chi connectivity index (χ1v) is 10.8.